The summed E-state index contributed by atoms with van der Waals surface area (Å²) in [6, 6.07) is -0.0536. The normalized spacial score (nSPS) is 13.5. The summed E-state index contributed by atoms with van der Waals surface area (Å²) in [5, 5.41) is 7.47. The maximum Gasteiger partial charge on any atom is 0.350 e. The molecule has 8 heteroatoms. The van der Waals surface area contributed by atoms with E-state index in [1.54, 1.807) is 18.7 Å². The van der Waals surface area contributed by atoms with Gasteiger partial charge in [0.05, 0.1) is 24.9 Å². The molecule has 0 saturated carbocycles. The lowest BCUT2D eigenvalue weighted by molar-refractivity contribution is 0.0531. The zero-order valence-electron chi connectivity index (χ0n) is 16.2. The molecule has 1 rings (SSSR count). The van der Waals surface area contributed by atoms with Crippen LogP contribution in [0.25, 0.3) is 0 Å². The van der Waals surface area contributed by atoms with Gasteiger partial charge in [-0.1, -0.05) is 0 Å². The van der Waals surface area contributed by atoms with E-state index < -0.39 is 0 Å². The molecule has 0 spiro atoms. The van der Waals surface area contributed by atoms with Crippen molar-refractivity contribution in [1.29, 1.82) is 0 Å². The van der Waals surface area contributed by atoms with Gasteiger partial charge in [-0.15, -0.1) is 11.3 Å². The molecule has 1 heterocycles. The Morgan fingerprint density at radius 1 is 1.44 bits per heavy atom. The fourth-order valence-corrected chi connectivity index (χ4v) is 3.07. The number of aryl methyl sites for hydroxylation is 1. The number of rotatable bonds is 8. The Labute approximate surface area is 159 Å². The largest absolute Gasteiger partial charge is 0.462 e. The second-order valence-corrected chi connectivity index (χ2v) is 8.76. The Kier molecular flexibility index (Phi) is 8.71. The van der Waals surface area contributed by atoms with Crippen molar-refractivity contribution in [1.82, 2.24) is 15.6 Å². The molecule has 0 aliphatic heterocycles. The summed E-state index contributed by atoms with van der Waals surface area (Å²) >= 11 is 3.16. The predicted octanol–water partition coefficient (Wildman–Crippen LogP) is 3.39. The van der Waals surface area contributed by atoms with Gasteiger partial charge >= 0.3 is 5.97 Å². The van der Waals surface area contributed by atoms with Gasteiger partial charge in [0, 0.05) is 11.3 Å². The van der Waals surface area contributed by atoms with Crippen LogP contribution in [0.2, 0.25) is 0 Å². The second kappa shape index (κ2) is 10.0. The number of carbonyl (C=O) groups excluding carboxylic acids is 1. The Balaban J connectivity index is 2.87. The van der Waals surface area contributed by atoms with Gasteiger partial charge in [-0.25, -0.2) is 9.78 Å². The van der Waals surface area contributed by atoms with Crippen molar-refractivity contribution in [2.24, 2.45) is 4.99 Å². The summed E-state index contributed by atoms with van der Waals surface area (Å²) < 4.78 is 5.17. The van der Waals surface area contributed by atoms with Gasteiger partial charge in [0.15, 0.2) is 5.96 Å². The molecular weight excluding hydrogens is 356 g/mol. The number of carbonyl (C=O) groups is 1. The van der Waals surface area contributed by atoms with Crippen LogP contribution >= 0.6 is 23.1 Å². The Bertz CT molecular complexity index is 599. The maximum absolute atomic E-state index is 12.0. The molecular formula is C17H30N4O2S2. The topological polar surface area (TPSA) is 75.6 Å². The third-order valence-electron chi connectivity index (χ3n) is 3.51. The Morgan fingerprint density at radius 3 is 2.68 bits per heavy atom. The zero-order valence-corrected chi connectivity index (χ0v) is 17.9. The van der Waals surface area contributed by atoms with E-state index in [4.69, 9.17) is 4.74 Å². The molecule has 0 fully saturated rings. The molecule has 0 bridgehead atoms. The fraction of sp³-hybridized carbons (Fsp3) is 0.706. The van der Waals surface area contributed by atoms with Crippen LogP contribution in [0.5, 0.6) is 0 Å². The number of ether oxygens (including phenoxy) is 1. The summed E-state index contributed by atoms with van der Waals surface area (Å²) in [4.78, 5) is 21.7. The van der Waals surface area contributed by atoms with Crippen LogP contribution in [0.4, 0.5) is 0 Å². The standard InChI is InChI=1S/C17H30N4O2S2/c1-8-18-16(19-10-17(5,6)24-7)21-12(4)14-20-11(3)13(25-14)15(22)23-9-2/h12H,8-10H2,1-7H3,(H2,18,19,21). The minimum Gasteiger partial charge on any atom is -0.462 e. The van der Waals surface area contributed by atoms with E-state index in [-0.39, 0.29) is 16.8 Å². The van der Waals surface area contributed by atoms with Crippen LogP contribution in [-0.4, -0.2) is 47.6 Å². The monoisotopic (exact) mass is 386 g/mol. The first kappa shape index (κ1) is 21.8. The first-order chi connectivity index (χ1) is 11.7. The molecule has 0 aliphatic carbocycles. The summed E-state index contributed by atoms with van der Waals surface area (Å²) in [5.74, 6) is 0.445. The number of aromatic nitrogens is 1. The lowest BCUT2D eigenvalue weighted by Crippen LogP contribution is -2.39. The highest BCUT2D eigenvalue weighted by atomic mass is 32.2. The first-order valence-electron chi connectivity index (χ1n) is 8.48. The van der Waals surface area contributed by atoms with Crippen LogP contribution in [0.15, 0.2) is 4.99 Å². The number of hydrogen-bond donors (Lipinski definition) is 2. The van der Waals surface area contributed by atoms with Crippen molar-refractivity contribution in [3.63, 3.8) is 0 Å². The summed E-state index contributed by atoms with van der Waals surface area (Å²) in [5.41, 5.74) is 0.706. The van der Waals surface area contributed by atoms with E-state index in [0.717, 1.165) is 17.5 Å². The highest BCUT2D eigenvalue weighted by molar-refractivity contribution is 7.99. The third kappa shape index (κ3) is 6.86. The Hall–Kier alpha value is -1.28. The lowest BCUT2D eigenvalue weighted by Gasteiger charge is -2.21. The third-order valence-corrected chi connectivity index (χ3v) is 6.07. The molecule has 2 N–H and O–H groups in total. The minimum absolute atomic E-state index is 0.0536. The Morgan fingerprint density at radius 2 is 2.12 bits per heavy atom. The minimum atomic E-state index is -0.307. The van der Waals surface area contributed by atoms with E-state index in [9.17, 15) is 4.79 Å². The second-order valence-electron chi connectivity index (χ2n) is 6.21. The summed E-state index contributed by atoms with van der Waals surface area (Å²) in [6.45, 7) is 13.9. The number of nitrogens with one attached hydrogen (secondary N) is 2. The van der Waals surface area contributed by atoms with Crippen molar-refractivity contribution < 1.29 is 9.53 Å². The number of guanidine groups is 1. The number of esters is 1. The molecule has 0 aliphatic rings. The fourth-order valence-electron chi connectivity index (χ4n) is 1.91. The molecule has 142 valence electrons. The summed E-state index contributed by atoms with van der Waals surface area (Å²) in [6.07, 6.45) is 2.09. The molecule has 0 saturated heterocycles. The lowest BCUT2D eigenvalue weighted by atomic mass is 10.2. The zero-order chi connectivity index (χ0) is 19.0. The molecule has 25 heavy (non-hydrogen) atoms. The molecule has 6 nitrogen and oxygen atoms in total. The smallest absolute Gasteiger partial charge is 0.350 e. The van der Waals surface area contributed by atoms with Crippen molar-refractivity contribution in [3.8, 4) is 0 Å². The number of hydrogen-bond acceptors (Lipinski definition) is 6. The average molecular weight is 387 g/mol. The summed E-state index contributed by atoms with van der Waals surface area (Å²) in [7, 11) is 0. The predicted molar refractivity (Wildman–Crippen MR) is 108 cm³/mol. The molecule has 1 aromatic heterocycles. The molecule has 0 aromatic carbocycles. The van der Waals surface area contributed by atoms with Gasteiger partial charge in [0.2, 0.25) is 0 Å². The van der Waals surface area contributed by atoms with Crippen molar-refractivity contribution in [2.45, 2.75) is 52.3 Å². The van der Waals surface area contributed by atoms with Gasteiger partial charge in [-0.05, 0) is 47.8 Å². The average Bonchev–Trinajstić information content (AvgIpc) is 2.95. The first-order valence-corrected chi connectivity index (χ1v) is 10.5. The maximum atomic E-state index is 12.0. The molecule has 0 amide bonds. The van der Waals surface area contributed by atoms with Gasteiger partial charge in [-0.3, -0.25) is 4.99 Å². The van der Waals surface area contributed by atoms with Gasteiger partial charge in [0.1, 0.15) is 9.88 Å². The van der Waals surface area contributed by atoms with Crippen LogP contribution in [-0.2, 0) is 4.74 Å². The number of thioether (sulfide) groups is 1. The van der Waals surface area contributed by atoms with Crippen molar-refractivity contribution in [3.05, 3.63) is 15.6 Å². The number of thiazole rings is 1. The van der Waals surface area contributed by atoms with Crippen LogP contribution in [0.3, 0.4) is 0 Å². The quantitative estimate of drug-likeness (QED) is 0.405. The molecule has 1 unspecified atom stereocenters. The molecule has 0 radical (unpaired) electrons. The van der Waals surface area contributed by atoms with Crippen LogP contribution < -0.4 is 10.6 Å². The van der Waals surface area contributed by atoms with E-state index in [1.165, 1.54) is 11.3 Å². The van der Waals surface area contributed by atoms with Crippen molar-refractivity contribution in [2.75, 3.05) is 26.0 Å². The van der Waals surface area contributed by atoms with Gasteiger partial charge in [0.25, 0.3) is 0 Å². The number of nitrogens with zero attached hydrogens (tertiary/aromatic N) is 2. The SMILES string of the molecule is CCNC(=NCC(C)(C)SC)NC(C)c1nc(C)c(C(=O)OCC)s1. The molecule has 1 atom stereocenters. The molecule has 1 aromatic rings. The highest BCUT2D eigenvalue weighted by Crippen LogP contribution is 2.24. The number of aliphatic imine (C=N–C) groups is 1. The van der Waals surface area contributed by atoms with E-state index in [2.05, 4.69) is 40.7 Å². The van der Waals surface area contributed by atoms with Crippen LogP contribution in [0.1, 0.15) is 61.0 Å². The van der Waals surface area contributed by atoms with Gasteiger partial charge in [-0.2, -0.15) is 11.8 Å². The van der Waals surface area contributed by atoms with E-state index >= 15 is 0 Å². The van der Waals surface area contributed by atoms with Gasteiger partial charge < -0.3 is 15.4 Å². The van der Waals surface area contributed by atoms with E-state index in [0.29, 0.717) is 23.7 Å². The van der Waals surface area contributed by atoms with E-state index in [1.807, 2.05) is 20.8 Å². The van der Waals surface area contributed by atoms with Crippen LogP contribution in [0, 0.1) is 6.92 Å². The van der Waals surface area contributed by atoms with Crippen molar-refractivity contribution >= 4 is 35.0 Å². The highest BCUT2D eigenvalue weighted by Gasteiger charge is 2.20.